The second kappa shape index (κ2) is 6.12. The van der Waals surface area contributed by atoms with E-state index in [1.165, 1.54) is 10.6 Å². The number of nitrogens with zero attached hydrogens (tertiary/aromatic N) is 1. The Morgan fingerprint density at radius 3 is 2.84 bits per heavy atom. The van der Waals surface area contributed by atoms with Gasteiger partial charge in [-0.05, 0) is 40.2 Å². The van der Waals surface area contributed by atoms with Crippen LogP contribution in [0, 0.1) is 0 Å². The van der Waals surface area contributed by atoms with E-state index in [-0.39, 0.29) is 5.56 Å². The molecule has 2 aromatic rings. The Morgan fingerprint density at radius 2 is 2.11 bits per heavy atom. The van der Waals surface area contributed by atoms with Crippen LogP contribution in [0.15, 0.2) is 45.8 Å². The maximum atomic E-state index is 11.6. The summed E-state index contributed by atoms with van der Waals surface area (Å²) in [6.07, 6.45) is 1.60. The molecule has 0 aliphatic rings. The predicted molar refractivity (Wildman–Crippen MR) is 79.8 cm³/mol. The number of aromatic nitrogens is 1. The van der Waals surface area contributed by atoms with Crippen molar-refractivity contribution in [2.24, 2.45) is 0 Å². The zero-order chi connectivity index (χ0) is 13.8. The molecule has 0 bridgehead atoms. The molecule has 0 radical (unpaired) electrons. The fourth-order valence-electron chi connectivity index (χ4n) is 1.57. The van der Waals surface area contributed by atoms with Gasteiger partial charge < -0.3 is 15.0 Å². The third kappa shape index (κ3) is 3.75. The number of nitrogen functional groups attached to an aromatic ring is 1. The monoisotopic (exact) mass is 342 g/mol. The number of pyridine rings is 1. The Morgan fingerprint density at radius 1 is 1.32 bits per heavy atom. The lowest BCUT2D eigenvalue weighted by molar-refractivity contribution is 0.295. The van der Waals surface area contributed by atoms with Gasteiger partial charge in [-0.25, -0.2) is 0 Å². The molecule has 6 heteroatoms. The van der Waals surface area contributed by atoms with E-state index in [1.54, 1.807) is 30.5 Å². The number of nitrogens with two attached hydrogens (primary N) is 1. The molecular weight excluding hydrogens is 332 g/mol. The third-order valence-corrected chi connectivity index (χ3v) is 3.34. The van der Waals surface area contributed by atoms with Crippen LogP contribution in [-0.4, -0.2) is 11.2 Å². The van der Waals surface area contributed by atoms with E-state index in [1.807, 2.05) is 0 Å². The Bertz CT molecular complexity index is 643. The average molecular weight is 344 g/mol. The molecule has 0 aliphatic heterocycles. The number of anilines is 1. The summed E-state index contributed by atoms with van der Waals surface area (Å²) in [4.78, 5) is 11.6. The van der Waals surface area contributed by atoms with E-state index in [2.05, 4.69) is 15.9 Å². The van der Waals surface area contributed by atoms with Crippen molar-refractivity contribution >= 4 is 33.2 Å². The lowest BCUT2D eigenvalue weighted by Crippen LogP contribution is -2.22. The lowest BCUT2D eigenvalue weighted by Gasteiger charge is -2.10. The van der Waals surface area contributed by atoms with E-state index >= 15 is 0 Å². The second-order valence-corrected chi connectivity index (χ2v) is 5.21. The average Bonchev–Trinajstić information content (AvgIpc) is 2.36. The molecule has 0 saturated heterocycles. The minimum atomic E-state index is -0.104. The van der Waals surface area contributed by atoms with Crippen LogP contribution in [0.5, 0.6) is 5.75 Å². The molecule has 0 unspecified atom stereocenters. The first-order chi connectivity index (χ1) is 9.06. The Labute approximate surface area is 123 Å². The van der Waals surface area contributed by atoms with Gasteiger partial charge >= 0.3 is 0 Å². The maximum Gasteiger partial charge on any atom is 0.250 e. The molecule has 2 rings (SSSR count). The van der Waals surface area contributed by atoms with E-state index in [4.69, 9.17) is 22.1 Å². The summed E-state index contributed by atoms with van der Waals surface area (Å²) in [5.74, 6) is 0.682. The molecule has 19 heavy (non-hydrogen) atoms. The van der Waals surface area contributed by atoms with Crippen molar-refractivity contribution in [2.75, 3.05) is 12.3 Å². The molecule has 0 fully saturated rings. The highest BCUT2D eigenvalue weighted by atomic mass is 79.9. The zero-order valence-electron chi connectivity index (χ0n) is 9.98. The molecule has 0 saturated carbocycles. The highest BCUT2D eigenvalue weighted by Gasteiger charge is 2.02. The predicted octanol–water partition coefficient (Wildman–Crippen LogP) is 2.93. The summed E-state index contributed by atoms with van der Waals surface area (Å²) in [6.45, 7) is 0.794. The van der Waals surface area contributed by atoms with Crippen LogP contribution in [0.1, 0.15) is 0 Å². The van der Waals surface area contributed by atoms with Gasteiger partial charge in [-0.3, -0.25) is 4.79 Å². The summed E-state index contributed by atoms with van der Waals surface area (Å²) in [7, 11) is 0. The van der Waals surface area contributed by atoms with E-state index in [9.17, 15) is 4.79 Å². The van der Waals surface area contributed by atoms with E-state index < -0.39 is 0 Å². The van der Waals surface area contributed by atoms with Crippen molar-refractivity contribution in [3.05, 3.63) is 56.4 Å². The lowest BCUT2D eigenvalue weighted by atomic mass is 10.3. The van der Waals surface area contributed by atoms with E-state index in [0.717, 1.165) is 4.47 Å². The Hall–Kier alpha value is -1.46. The molecule has 0 aliphatic carbocycles. The summed E-state index contributed by atoms with van der Waals surface area (Å²) in [5.41, 5.74) is 6.07. The van der Waals surface area contributed by atoms with Crippen molar-refractivity contribution in [2.45, 2.75) is 6.54 Å². The Kier molecular flexibility index (Phi) is 4.50. The van der Waals surface area contributed by atoms with Gasteiger partial charge in [-0.1, -0.05) is 11.6 Å². The number of ether oxygens (including phenoxy) is 1. The van der Waals surface area contributed by atoms with Crippen molar-refractivity contribution in [3.8, 4) is 5.75 Å². The van der Waals surface area contributed by atoms with Crippen LogP contribution in [0.3, 0.4) is 0 Å². The van der Waals surface area contributed by atoms with Gasteiger partial charge in [-0.2, -0.15) is 0 Å². The molecule has 2 N–H and O–H groups in total. The number of halogens is 2. The number of benzene rings is 1. The summed E-state index contributed by atoms with van der Waals surface area (Å²) in [5, 5.41) is 0.631. The zero-order valence-corrected chi connectivity index (χ0v) is 12.3. The molecule has 1 aromatic carbocycles. The third-order valence-electron chi connectivity index (χ3n) is 2.49. The molecule has 0 atom stereocenters. The molecular formula is C13H12BrClN2O2. The molecule has 4 nitrogen and oxygen atoms in total. The van der Waals surface area contributed by atoms with Crippen LogP contribution in [0.2, 0.25) is 5.02 Å². The number of rotatable bonds is 4. The highest BCUT2D eigenvalue weighted by molar-refractivity contribution is 9.10. The molecule has 0 spiro atoms. The molecule has 0 amide bonds. The SMILES string of the molecule is Nc1ccc(=O)n(CCOc2ccc(Cl)cc2Br)c1. The van der Waals surface area contributed by atoms with Crippen LogP contribution in [0.4, 0.5) is 5.69 Å². The van der Waals surface area contributed by atoms with Gasteiger partial charge in [0.2, 0.25) is 0 Å². The Balaban J connectivity index is 2.00. The van der Waals surface area contributed by atoms with Gasteiger partial charge in [0.1, 0.15) is 12.4 Å². The normalized spacial score (nSPS) is 10.4. The maximum absolute atomic E-state index is 11.6. The largest absolute Gasteiger partial charge is 0.491 e. The molecule has 100 valence electrons. The minimum Gasteiger partial charge on any atom is -0.491 e. The quantitative estimate of drug-likeness (QED) is 0.928. The second-order valence-electron chi connectivity index (χ2n) is 3.92. The first-order valence-corrected chi connectivity index (χ1v) is 6.77. The van der Waals surface area contributed by atoms with Gasteiger partial charge in [0, 0.05) is 23.0 Å². The standard InChI is InChI=1S/C13H12BrClN2O2/c14-11-7-9(15)1-3-12(11)19-6-5-17-8-10(16)2-4-13(17)18/h1-4,7-8H,5-6,16H2. The first-order valence-electron chi connectivity index (χ1n) is 5.60. The van der Waals surface area contributed by atoms with Crippen molar-refractivity contribution in [1.82, 2.24) is 4.57 Å². The summed E-state index contributed by atoms with van der Waals surface area (Å²) in [6, 6.07) is 8.29. The number of hydrogen-bond donors (Lipinski definition) is 1. The fraction of sp³-hybridized carbons (Fsp3) is 0.154. The van der Waals surface area contributed by atoms with Crippen molar-refractivity contribution < 1.29 is 4.74 Å². The molecule has 1 aromatic heterocycles. The smallest absolute Gasteiger partial charge is 0.250 e. The van der Waals surface area contributed by atoms with Crippen LogP contribution >= 0.6 is 27.5 Å². The van der Waals surface area contributed by atoms with Gasteiger partial charge in [-0.15, -0.1) is 0 Å². The molecule has 1 heterocycles. The van der Waals surface area contributed by atoms with Crippen LogP contribution in [-0.2, 0) is 6.54 Å². The van der Waals surface area contributed by atoms with Gasteiger partial charge in [0.05, 0.1) is 11.0 Å². The first kappa shape index (κ1) is 14.0. The summed E-state index contributed by atoms with van der Waals surface area (Å²) < 4.78 is 7.88. The summed E-state index contributed by atoms with van der Waals surface area (Å²) >= 11 is 9.20. The van der Waals surface area contributed by atoms with E-state index in [0.29, 0.717) is 29.6 Å². The topological polar surface area (TPSA) is 57.2 Å². The minimum absolute atomic E-state index is 0.104. The van der Waals surface area contributed by atoms with Gasteiger partial charge in [0.15, 0.2) is 0 Å². The van der Waals surface area contributed by atoms with Crippen LogP contribution < -0.4 is 16.0 Å². The highest BCUT2D eigenvalue weighted by Crippen LogP contribution is 2.27. The van der Waals surface area contributed by atoms with Crippen LogP contribution in [0.25, 0.3) is 0 Å². The van der Waals surface area contributed by atoms with Crippen molar-refractivity contribution in [3.63, 3.8) is 0 Å². The number of hydrogen-bond acceptors (Lipinski definition) is 3. The van der Waals surface area contributed by atoms with Crippen molar-refractivity contribution in [1.29, 1.82) is 0 Å². The fourth-order valence-corrected chi connectivity index (χ4v) is 2.37. The van der Waals surface area contributed by atoms with Gasteiger partial charge in [0.25, 0.3) is 5.56 Å².